The van der Waals surface area contributed by atoms with Gasteiger partial charge in [-0.1, -0.05) is 72.8 Å². The molecule has 9 aromatic rings. The molecule has 2 aromatic heterocycles. The summed E-state index contributed by atoms with van der Waals surface area (Å²) in [5.41, 5.74) is 12.6. The fourth-order valence-corrected chi connectivity index (χ4v) is 7.66. The van der Waals surface area contributed by atoms with Crippen LogP contribution in [0.15, 0.2) is 133 Å². The molecule has 52 heavy (non-hydrogen) atoms. The van der Waals surface area contributed by atoms with Crippen molar-refractivity contribution >= 4 is 66.8 Å². The zero-order chi connectivity index (χ0) is 34.5. The molecular weight excluding hydrogens is 645 g/mol. The number of amides is 2. The highest BCUT2D eigenvalue weighted by Crippen LogP contribution is 2.47. The van der Waals surface area contributed by atoms with Crippen LogP contribution in [-0.2, 0) is 0 Å². The number of carbonyl (C=O) groups is 2. The Balaban J connectivity index is 0.814. The molecule has 2 aliphatic rings. The molecule has 2 N–H and O–H groups in total. The van der Waals surface area contributed by atoms with Gasteiger partial charge in [0.1, 0.15) is 0 Å². The van der Waals surface area contributed by atoms with Gasteiger partial charge in [-0.25, -0.2) is 19.9 Å². The summed E-state index contributed by atoms with van der Waals surface area (Å²) in [5.74, 6) is -0.538. The lowest BCUT2D eigenvalue weighted by atomic mass is 10.0. The Morgan fingerprint density at radius 1 is 0.385 bits per heavy atom. The van der Waals surface area contributed by atoms with Crippen LogP contribution in [0.2, 0.25) is 0 Å². The van der Waals surface area contributed by atoms with Crippen molar-refractivity contribution in [3.63, 3.8) is 0 Å². The summed E-state index contributed by atoms with van der Waals surface area (Å²) in [4.78, 5) is 46.5. The molecule has 0 aliphatic heterocycles. The molecule has 2 amide bonds. The largest absolute Gasteiger partial charge is 0.322 e. The van der Waals surface area contributed by atoms with Gasteiger partial charge in [-0.2, -0.15) is 0 Å². The number of carbonyl (C=O) groups excluding carboxylic acids is 2. The highest BCUT2D eigenvalue weighted by molar-refractivity contribution is 6.16. The molecule has 8 nitrogen and oxygen atoms in total. The first kappa shape index (κ1) is 28.5. The van der Waals surface area contributed by atoms with E-state index in [1.807, 2.05) is 36.4 Å². The minimum absolute atomic E-state index is 0.269. The molecule has 0 bridgehead atoms. The molecule has 0 spiro atoms. The molecule has 0 fully saturated rings. The predicted molar refractivity (Wildman–Crippen MR) is 205 cm³/mol. The zero-order valence-corrected chi connectivity index (χ0v) is 27.3. The van der Waals surface area contributed by atoms with E-state index in [1.165, 1.54) is 0 Å². The number of anilines is 2. The van der Waals surface area contributed by atoms with E-state index in [4.69, 9.17) is 19.9 Å². The van der Waals surface area contributed by atoms with E-state index in [1.54, 1.807) is 48.5 Å². The Hall–Kier alpha value is -7.32. The third-order valence-corrected chi connectivity index (χ3v) is 10.1. The van der Waals surface area contributed by atoms with Crippen LogP contribution in [-0.4, -0.2) is 31.8 Å². The summed E-state index contributed by atoms with van der Waals surface area (Å²) in [6.45, 7) is 0. The number of benzene rings is 7. The van der Waals surface area contributed by atoms with Crippen molar-refractivity contribution < 1.29 is 9.59 Å². The minimum atomic E-state index is -0.269. The Morgan fingerprint density at radius 3 is 1.10 bits per heavy atom. The standard InChI is InChI=1S/C44H24N6O2/c51-43(25-13-19-33-35(21-25)49-41-31-11-3-7-23-5-1-9-29(37(23)31)39(41)47-33)45-27-15-17-28(18-16-27)46-44(52)26-14-20-34-36(22-26)50-42-32-12-4-8-24-6-2-10-30(38(24)32)40(42)48-34/h1-22H,(H,45,51)(H,46,52). The van der Waals surface area contributed by atoms with Gasteiger partial charge in [-0.05, 0) is 71.4 Å². The van der Waals surface area contributed by atoms with Crippen LogP contribution >= 0.6 is 0 Å². The molecule has 0 atom stereocenters. The molecule has 11 rings (SSSR count). The van der Waals surface area contributed by atoms with Gasteiger partial charge >= 0.3 is 0 Å². The normalized spacial score (nSPS) is 12.0. The van der Waals surface area contributed by atoms with E-state index < -0.39 is 0 Å². The second-order valence-electron chi connectivity index (χ2n) is 13.2. The quantitative estimate of drug-likeness (QED) is 0.193. The molecule has 2 aliphatic carbocycles. The van der Waals surface area contributed by atoms with Crippen molar-refractivity contribution in [3.05, 3.63) is 145 Å². The molecule has 7 aromatic carbocycles. The monoisotopic (exact) mass is 668 g/mol. The van der Waals surface area contributed by atoms with Crippen LogP contribution in [0.4, 0.5) is 11.4 Å². The first-order chi connectivity index (χ1) is 25.6. The second-order valence-corrected chi connectivity index (χ2v) is 13.2. The van der Waals surface area contributed by atoms with Gasteiger partial charge in [0.2, 0.25) is 0 Å². The summed E-state index contributed by atoms with van der Waals surface area (Å²) in [7, 11) is 0. The number of hydrogen-bond donors (Lipinski definition) is 2. The lowest BCUT2D eigenvalue weighted by molar-refractivity contribution is 0.101. The number of hydrogen-bond acceptors (Lipinski definition) is 6. The van der Waals surface area contributed by atoms with Crippen molar-refractivity contribution in [3.8, 4) is 45.0 Å². The van der Waals surface area contributed by atoms with Crippen molar-refractivity contribution in [2.24, 2.45) is 0 Å². The van der Waals surface area contributed by atoms with Crippen LogP contribution in [0.25, 0.3) is 88.6 Å². The summed E-state index contributed by atoms with van der Waals surface area (Å²) < 4.78 is 0. The number of nitrogens with one attached hydrogen (secondary N) is 2. The van der Waals surface area contributed by atoms with Crippen LogP contribution in [0.1, 0.15) is 20.7 Å². The Labute approximate surface area is 295 Å². The smallest absolute Gasteiger partial charge is 0.255 e. The van der Waals surface area contributed by atoms with Crippen LogP contribution in [0, 0.1) is 0 Å². The topological polar surface area (TPSA) is 110 Å². The van der Waals surface area contributed by atoms with E-state index >= 15 is 0 Å². The molecule has 2 heterocycles. The Morgan fingerprint density at radius 2 is 0.731 bits per heavy atom. The highest BCUT2D eigenvalue weighted by Gasteiger charge is 2.26. The van der Waals surface area contributed by atoms with E-state index in [9.17, 15) is 9.59 Å². The average Bonchev–Trinajstić information content (AvgIpc) is 3.67. The van der Waals surface area contributed by atoms with E-state index in [0.29, 0.717) is 33.5 Å². The second kappa shape index (κ2) is 10.6. The van der Waals surface area contributed by atoms with Crippen molar-refractivity contribution in [2.75, 3.05) is 10.6 Å². The van der Waals surface area contributed by atoms with Crippen LogP contribution < -0.4 is 10.6 Å². The molecule has 0 unspecified atom stereocenters. The van der Waals surface area contributed by atoms with E-state index in [2.05, 4.69) is 59.2 Å². The molecular formula is C44H24N6O2. The minimum Gasteiger partial charge on any atom is -0.322 e. The first-order valence-corrected chi connectivity index (χ1v) is 17.0. The number of aromatic nitrogens is 4. The van der Waals surface area contributed by atoms with Crippen molar-refractivity contribution in [1.29, 1.82) is 0 Å². The molecule has 0 saturated heterocycles. The number of nitrogens with zero attached hydrogens (tertiary/aromatic N) is 4. The predicted octanol–water partition coefficient (Wildman–Crippen LogP) is 9.68. The number of fused-ring (bicyclic) bond motifs is 8. The summed E-state index contributed by atoms with van der Waals surface area (Å²) in [6, 6.07) is 42.6. The SMILES string of the molecule is O=C(Nc1ccc(NC(=O)c2ccc3nc4c(nc3c2)-c2cccc3cccc-4c23)cc1)c1ccc2nc3c(nc2c1)-c1cccc2cccc-3c12. The van der Waals surface area contributed by atoms with Gasteiger partial charge in [0.05, 0.1) is 44.8 Å². The molecule has 8 heteroatoms. The highest BCUT2D eigenvalue weighted by atomic mass is 16.2. The lowest BCUT2D eigenvalue weighted by Crippen LogP contribution is -2.13. The van der Waals surface area contributed by atoms with E-state index in [0.717, 1.165) is 77.6 Å². The van der Waals surface area contributed by atoms with Gasteiger partial charge in [-0.15, -0.1) is 0 Å². The van der Waals surface area contributed by atoms with E-state index in [-0.39, 0.29) is 11.8 Å². The van der Waals surface area contributed by atoms with Gasteiger partial charge in [0.25, 0.3) is 11.8 Å². The van der Waals surface area contributed by atoms with Crippen LogP contribution in [0.5, 0.6) is 0 Å². The van der Waals surface area contributed by atoms with Gasteiger partial charge < -0.3 is 10.6 Å². The molecule has 242 valence electrons. The third-order valence-electron chi connectivity index (χ3n) is 10.1. The molecule has 0 saturated carbocycles. The Kier molecular flexibility index (Phi) is 5.81. The summed E-state index contributed by atoms with van der Waals surface area (Å²) in [5, 5.41) is 10.5. The maximum absolute atomic E-state index is 13.3. The maximum atomic E-state index is 13.3. The molecule has 0 radical (unpaired) electrons. The van der Waals surface area contributed by atoms with Gasteiger partial charge in [0, 0.05) is 55.5 Å². The first-order valence-electron chi connectivity index (χ1n) is 17.0. The zero-order valence-electron chi connectivity index (χ0n) is 27.3. The fourth-order valence-electron chi connectivity index (χ4n) is 7.66. The average molecular weight is 669 g/mol. The van der Waals surface area contributed by atoms with Crippen LogP contribution in [0.3, 0.4) is 0 Å². The third kappa shape index (κ3) is 4.21. The summed E-state index contributed by atoms with van der Waals surface area (Å²) in [6.07, 6.45) is 0. The van der Waals surface area contributed by atoms with Gasteiger partial charge in [0.15, 0.2) is 0 Å². The van der Waals surface area contributed by atoms with Crippen molar-refractivity contribution in [1.82, 2.24) is 19.9 Å². The summed E-state index contributed by atoms with van der Waals surface area (Å²) >= 11 is 0. The van der Waals surface area contributed by atoms with Gasteiger partial charge in [-0.3, -0.25) is 9.59 Å². The van der Waals surface area contributed by atoms with Crippen molar-refractivity contribution in [2.45, 2.75) is 0 Å². The lowest BCUT2D eigenvalue weighted by Gasteiger charge is -2.10. The maximum Gasteiger partial charge on any atom is 0.255 e. The Bertz CT molecular complexity index is 2850. The fraction of sp³-hybridized carbons (Fsp3) is 0. The number of rotatable bonds is 4.